The van der Waals surface area contributed by atoms with Crippen LogP contribution >= 0.6 is 0 Å². The summed E-state index contributed by atoms with van der Waals surface area (Å²) in [7, 11) is 0. The first kappa shape index (κ1) is 10.3. The minimum absolute atomic E-state index is 0.200. The lowest BCUT2D eigenvalue weighted by atomic mass is 9.62. The van der Waals surface area contributed by atoms with Crippen LogP contribution < -0.4 is 5.11 Å². The number of carboxylic acids is 1. The standard InChI is InChI=1S/C11H18O2/c1-7-5-6-8(2)11(3,4)9(7)10(12)13/h7,9H,2,5-6H2,1,3-4H3,(H,12,13)/p-1. The Bertz CT molecular complexity index is 240. The molecule has 0 aromatic heterocycles. The summed E-state index contributed by atoms with van der Waals surface area (Å²) in [6.07, 6.45) is 1.86. The summed E-state index contributed by atoms with van der Waals surface area (Å²) in [5.41, 5.74) is 0.732. The van der Waals surface area contributed by atoms with Crippen LogP contribution in [0.25, 0.3) is 0 Å². The molecule has 2 nitrogen and oxygen atoms in total. The lowest BCUT2D eigenvalue weighted by Crippen LogP contribution is -2.46. The van der Waals surface area contributed by atoms with Gasteiger partial charge in [0.25, 0.3) is 0 Å². The predicted octanol–water partition coefficient (Wildman–Crippen LogP) is 1.36. The number of carbonyl (C=O) groups is 1. The van der Waals surface area contributed by atoms with E-state index in [4.69, 9.17) is 0 Å². The second-order valence-corrected chi connectivity index (χ2v) is 4.64. The van der Waals surface area contributed by atoms with E-state index in [0.717, 1.165) is 18.4 Å². The van der Waals surface area contributed by atoms with Gasteiger partial charge < -0.3 is 9.90 Å². The van der Waals surface area contributed by atoms with Gasteiger partial charge in [-0.15, -0.1) is 0 Å². The molecule has 1 saturated carbocycles. The second-order valence-electron chi connectivity index (χ2n) is 4.64. The van der Waals surface area contributed by atoms with Gasteiger partial charge in [-0.1, -0.05) is 32.9 Å². The van der Waals surface area contributed by atoms with Crippen LogP contribution in [0.1, 0.15) is 33.6 Å². The van der Waals surface area contributed by atoms with Crippen LogP contribution in [-0.2, 0) is 4.79 Å². The molecule has 13 heavy (non-hydrogen) atoms. The molecule has 0 aromatic carbocycles. The summed E-state index contributed by atoms with van der Waals surface area (Å²) in [4.78, 5) is 11.0. The molecule has 2 unspecified atom stereocenters. The molecule has 0 aromatic rings. The van der Waals surface area contributed by atoms with Crippen LogP contribution in [0.2, 0.25) is 0 Å². The Morgan fingerprint density at radius 1 is 1.62 bits per heavy atom. The summed E-state index contributed by atoms with van der Waals surface area (Å²) in [6, 6.07) is 0. The predicted molar refractivity (Wildman–Crippen MR) is 49.8 cm³/mol. The van der Waals surface area contributed by atoms with Crippen molar-refractivity contribution in [3.63, 3.8) is 0 Å². The fraction of sp³-hybridized carbons (Fsp3) is 0.727. The highest BCUT2D eigenvalue weighted by Gasteiger charge is 2.39. The van der Waals surface area contributed by atoms with Crippen molar-refractivity contribution in [3.8, 4) is 0 Å². The molecule has 0 N–H and O–H groups in total. The first-order valence-electron chi connectivity index (χ1n) is 4.76. The highest BCUT2D eigenvalue weighted by atomic mass is 16.4. The summed E-state index contributed by atoms with van der Waals surface area (Å²) in [5, 5.41) is 11.0. The third-order valence-electron chi connectivity index (χ3n) is 3.41. The van der Waals surface area contributed by atoms with Gasteiger partial charge in [0.15, 0.2) is 0 Å². The van der Waals surface area contributed by atoms with E-state index in [1.165, 1.54) is 0 Å². The van der Waals surface area contributed by atoms with Gasteiger partial charge in [-0.2, -0.15) is 0 Å². The van der Waals surface area contributed by atoms with E-state index >= 15 is 0 Å². The Morgan fingerprint density at radius 3 is 2.54 bits per heavy atom. The molecular formula is C11H17O2-. The molecule has 0 heterocycles. The highest BCUT2D eigenvalue weighted by molar-refractivity contribution is 5.70. The number of carboxylic acid groups (broad SMARTS) is 1. The molecule has 2 heteroatoms. The van der Waals surface area contributed by atoms with Gasteiger partial charge in [0.1, 0.15) is 0 Å². The molecule has 0 spiro atoms. The van der Waals surface area contributed by atoms with Gasteiger partial charge in [0.2, 0.25) is 0 Å². The number of hydrogen-bond donors (Lipinski definition) is 0. The lowest BCUT2D eigenvalue weighted by molar-refractivity contribution is -0.317. The first-order chi connectivity index (χ1) is 5.87. The van der Waals surface area contributed by atoms with Crippen molar-refractivity contribution in [3.05, 3.63) is 12.2 Å². The maximum Gasteiger partial charge on any atom is 0.0456 e. The van der Waals surface area contributed by atoms with E-state index in [-0.39, 0.29) is 17.3 Å². The Labute approximate surface area is 79.6 Å². The summed E-state index contributed by atoms with van der Waals surface area (Å²) < 4.78 is 0. The van der Waals surface area contributed by atoms with Crippen molar-refractivity contribution in [2.24, 2.45) is 17.3 Å². The molecule has 1 aliphatic carbocycles. The van der Waals surface area contributed by atoms with Crippen LogP contribution in [0.4, 0.5) is 0 Å². The van der Waals surface area contributed by atoms with Crippen molar-refractivity contribution >= 4 is 5.97 Å². The molecule has 2 atom stereocenters. The Balaban J connectivity index is 2.98. The van der Waals surface area contributed by atoms with E-state index in [0.29, 0.717) is 0 Å². The fourth-order valence-corrected chi connectivity index (χ4v) is 2.35. The van der Waals surface area contributed by atoms with E-state index < -0.39 is 5.97 Å². The lowest BCUT2D eigenvalue weighted by Gasteiger charge is -2.45. The van der Waals surface area contributed by atoms with Crippen molar-refractivity contribution in [2.45, 2.75) is 33.6 Å². The van der Waals surface area contributed by atoms with Gasteiger partial charge in [-0.3, -0.25) is 0 Å². The molecule has 0 aliphatic heterocycles. The fourth-order valence-electron chi connectivity index (χ4n) is 2.35. The van der Waals surface area contributed by atoms with Gasteiger partial charge in [-0.05, 0) is 24.2 Å². The largest absolute Gasteiger partial charge is 0.550 e. The van der Waals surface area contributed by atoms with Crippen molar-refractivity contribution in [2.75, 3.05) is 0 Å². The third-order valence-corrected chi connectivity index (χ3v) is 3.41. The number of allylic oxidation sites excluding steroid dienone is 1. The quantitative estimate of drug-likeness (QED) is 0.573. The molecule has 0 bridgehead atoms. The van der Waals surface area contributed by atoms with Crippen LogP contribution in [0, 0.1) is 17.3 Å². The molecule has 0 amide bonds. The van der Waals surface area contributed by atoms with Crippen molar-refractivity contribution < 1.29 is 9.90 Å². The third kappa shape index (κ3) is 1.62. The molecule has 1 rings (SSSR count). The monoisotopic (exact) mass is 181 g/mol. The maximum atomic E-state index is 11.0. The topological polar surface area (TPSA) is 40.1 Å². The van der Waals surface area contributed by atoms with Gasteiger partial charge in [0.05, 0.1) is 0 Å². The van der Waals surface area contributed by atoms with Crippen molar-refractivity contribution in [1.82, 2.24) is 0 Å². The van der Waals surface area contributed by atoms with E-state index in [2.05, 4.69) is 6.58 Å². The van der Waals surface area contributed by atoms with Crippen LogP contribution in [0.5, 0.6) is 0 Å². The minimum Gasteiger partial charge on any atom is -0.550 e. The molecule has 0 radical (unpaired) electrons. The molecule has 74 valence electrons. The number of rotatable bonds is 1. The molecule has 0 saturated heterocycles. The molecule has 1 aliphatic rings. The maximum absolute atomic E-state index is 11.0. The average molecular weight is 181 g/mol. The van der Waals surface area contributed by atoms with Crippen molar-refractivity contribution in [1.29, 1.82) is 0 Å². The van der Waals surface area contributed by atoms with Crippen LogP contribution in [0.15, 0.2) is 12.2 Å². The first-order valence-corrected chi connectivity index (χ1v) is 4.76. The highest BCUT2D eigenvalue weighted by Crippen LogP contribution is 2.46. The molecular weight excluding hydrogens is 164 g/mol. The average Bonchev–Trinajstić information content (AvgIpc) is 1.96. The number of carbonyl (C=O) groups excluding carboxylic acids is 1. The number of aliphatic carboxylic acids is 1. The van der Waals surface area contributed by atoms with E-state index in [9.17, 15) is 9.90 Å². The summed E-state index contributed by atoms with van der Waals surface area (Å²) in [6.45, 7) is 9.82. The Hall–Kier alpha value is -0.790. The zero-order chi connectivity index (χ0) is 10.2. The normalized spacial score (nSPS) is 33.0. The second kappa shape index (κ2) is 3.17. The Kier molecular flexibility index (Phi) is 2.51. The number of hydrogen-bond acceptors (Lipinski definition) is 2. The van der Waals surface area contributed by atoms with Gasteiger partial charge in [-0.25, -0.2) is 0 Å². The summed E-state index contributed by atoms with van der Waals surface area (Å²) >= 11 is 0. The zero-order valence-corrected chi connectivity index (χ0v) is 8.59. The summed E-state index contributed by atoms with van der Waals surface area (Å²) in [5.74, 6) is -1.11. The van der Waals surface area contributed by atoms with Crippen LogP contribution in [0.3, 0.4) is 0 Å². The van der Waals surface area contributed by atoms with Crippen LogP contribution in [-0.4, -0.2) is 5.97 Å². The van der Waals surface area contributed by atoms with Gasteiger partial charge in [0, 0.05) is 11.9 Å². The minimum atomic E-state index is -0.932. The van der Waals surface area contributed by atoms with E-state index in [1.807, 2.05) is 20.8 Å². The zero-order valence-electron chi connectivity index (χ0n) is 8.59. The molecule has 1 fully saturated rings. The smallest absolute Gasteiger partial charge is 0.0456 e. The SMILES string of the molecule is C=C1CCC(C)C(C(=O)[O-])C1(C)C. The van der Waals surface area contributed by atoms with E-state index in [1.54, 1.807) is 0 Å². The Morgan fingerprint density at radius 2 is 2.15 bits per heavy atom. The van der Waals surface area contributed by atoms with Gasteiger partial charge >= 0.3 is 0 Å².